The minimum atomic E-state index is -1.02. The highest BCUT2D eigenvalue weighted by molar-refractivity contribution is 6.00. The van der Waals surface area contributed by atoms with Gasteiger partial charge in [-0.25, -0.2) is 14.3 Å². The number of ether oxygens (including phenoxy) is 2. The zero-order valence-corrected chi connectivity index (χ0v) is 16.3. The van der Waals surface area contributed by atoms with Crippen LogP contribution in [0, 0.1) is 0 Å². The van der Waals surface area contributed by atoms with Crippen molar-refractivity contribution in [2.45, 2.75) is 13.0 Å². The second kappa shape index (κ2) is 8.52. The number of carbonyl (C=O) groups is 2. The van der Waals surface area contributed by atoms with Gasteiger partial charge >= 0.3 is 11.9 Å². The Morgan fingerprint density at radius 3 is 1.97 bits per heavy atom. The summed E-state index contributed by atoms with van der Waals surface area (Å²) in [6, 6.07) is 17.1. The molecule has 0 aliphatic carbocycles. The van der Waals surface area contributed by atoms with Crippen LogP contribution < -0.4 is 5.56 Å². The zero-order chi connectivity index (χ0) is 21.0. The lowest BCUT2D eigenvalue weighted by atomic mass is 9.95. The maximum absolute atomic E-state index is 13.2. The van der Waals surface area contributed by atoms with Gasteiger partial charge in [-0.3, -0.25) is 4.79 Å². The summed E-state index contributed by atoms with van der Waals surface area (Å²) in [5, 5.41) is 4.46. The first-order valence-corrected chi connectivity index (χ1v) is 8.93. The van der Waals surface area contributed by atoms with E-state index in [1.165, 1.54) is 21.1 Å². The molecule has 0 N–H and O–H groups in total. The number of hydrogen-bond acceptors (Lipinski definition) is 6. The van der Waals surface area contributed by atoms with Gasteiger partial charge in [0.05, 0.1) is 19.9 Å². The van der Waals surface area contributed by atoms with Gasteiger partial charge < -0.3 is 9.47 Å². The van der Waals surface area contributed by atoms with Gasteiger partial charge in [-0.2, -0.15) is 5.10 Å². The van der Waals surface area contributed by atoms with Crippen molar-refractivity contribution in [1.29, 1.82) is 0 Å². The quantitative estimate of drug-likeness (QED) is 0.620. The lowest BCUT2D eigenvalue weighted by Crippen LogP contribution is -2.36. The van der Waals surface area contributed by atoms with Gasteiger partial charge in [0, 0.05) is 11.1 Å². The van der Waals surface area contributed by atoms with Gasteiger partial charge in [0.2, 0.25) is 0 Å². The molecule has 1 unspecified atom stereocenters. The van der Waals surface area contributed by atoms with Crippen molar-refractivity contribution in [3.05, 3.63) is 76.6 Å². The van der Waals surface area contributed by atoms with Crippen LogP contribution in [-0.4, -0.2) is 35.9 Å². The van der Waals surface area contributed by atoms with Crippen LogP contribution in [0.1, 0.15) is 23.3 Å². The molecule has 0 amide bonds. The van der Waals surface area contributed by atoms with Gasteiger partial charge in [-0.1, -0.05) is 60.7 Å². The van der Waals surface area contributed by atoms with E-state index in [9.17, 15) is 14.4 Å². The molecule has 3 aromatic rings. The van der Waals surface area contributed by atoms with Crippen molar-refractivity contribution in [2.24, 2.45) is 0 Å². The van der Waals surface area contributed by atoms with Crippen LogP contribution in [-0.2, 0) is 14.3 Å². The minimum Gasteiger partial charge on any atom is -0.467 e. The Kier molecular flexibility index (Phi) is 5.87. The van der Waals surface area contributed by atoms with E-state index in [1.807, 2.05) is 36.4 Å². The molecule has 0 fully saturated rings. The summed E-state index contributed by atoms with van der Waals surface area (Å²) in [5.41, 5.74) is 1.13. The van der Waals surface area contributed by atoms with Crippen molar-refractivity contribution in [2.75, 3.05) is 14.2 Å². The summed E-state index contributed by atoms with van der Waals surface area (Å²) in [4.78, 5) is 37.9. The number of methoxy groups -OCH3 is 2. The molecule has 3 rings (SSSR count). The maximum atomic E-state index is 13.2. The fourth-order valence-electron chi connectivity index (χ4n) is 3.05. The standard InChI is InChI=1S/C22H20N2O5/c1-14(21(26)28-2)24-20(25)18(22(27)29-3)17(15-10-6-4-7-11-15)19(23-24)16-12-8-5-9-13-16/h4-14H,1-3H3. The molecule has 1 aromatic heterocycles. The predicted octanol–water partition coefficient (Wildman–Crippen LogP) is 3.10. The minimum absolute atomic E-state index is 0.191. The molecule has 148 valence electrons. The van der Waals surface area contributed by atoms with Crippen LogP contribution in [0.5, 0.6) is 0 Å². The van der Waals surface area contributed by atoms with E-state index in [-0.39, 0.29) is 5.56 Å². The third-order valence-corrected chi connectivity index (χ3v) is 4.52. The molecule has 0 saturated carbocycles. The number of aromatic nitrogens is 2. The third-order valence-electron chi connectivity index (χ3n) is 4.52. The Balaban J connectivity index is 2.45. The molecule has 0 saturated heterocycles. The van der Waals surface area contributed by atoms with Crippen LogP contribution in [0.25, 0.3) is 22.4 Å². The normalized spacial score (nSPS) is 11.6. The molecule has 7 nitrogen and oxygen atoms in total. The number of nitrogens with zero attached hydrogens (tertiary/aromatic N) is 2. The summed E-state index contributed by atoms with van der Waals surface area (Å²) in [6.45, 7) is 1.48. The molecule has 1 heterocycles. The van der Waals surface area contributed by atoms with Gasteiger partial charge in [0.25, 0.3) is 5.56 Å². The molecule has 0 spiro atoms. The monoisotopic (exact) mass is 392 g/mol. The Labute approximate surface area is 167 Å². The van der Waals surface area contributed by atoms with Crippen molar-refractivity contribution in [1.82, 2.24) is 9.78 Å². The molecule has 7 heteroatoms. The topological polar surface area (TPSA) is 87.5 Å². The third kappa shape index (κ3) is 3.80. The first kappa shape index (κ1) is 20.0. The molecule has 0 bridgehead atoms. The Morgan fingerprint density at radius 1 is 0.897 bits per heavy atom. The highest BCUT2D eigenvalue weighted by Gasteiger charge is 2.29. The average molecular weight is 392 g/mol. The van der Waals surface area contributed by atoms with Crippen LogP contribution in [0.3, 0.4) is 0 Å². The van der Waals surface area contributed by atoms with E-state index < -0.39 is 23.5 Å². The van der Waals surface area contributed by atoms with E-state index >= 15 is 0 Å². The first-order chi connectivity index (χ1) is 14.0. The smallest absolute Gasteiger partial charge is 0.344 e. The molecule has 2 aromatic carbocycles. The van der Waals surface area contributed by atoms with E-state index in [2.05, 4.69) is 5.10 Å². The fraction of sp³-hybridized carbons (Fsp3) is 0.182. The van der Waals surface area contributed by atoms with Crippen LogP contribution in [0.15, 0.2) is 65.5 Å². The molecule has 0 aliphatic heterocycles. The number of esters is 2. The molecule has 0 radical (unpaired) electrons. The average Bonchev–Trinajstić information content (AvgIpc) is 2.78. The van der Waals surface area contributed by atoms with Crippen LogP contribution in [0.4, 0.5) is 0 Å². The highest BCUT2D eigenvalue weighted by atomic mass is 16.5. The van der Waals surface area contributed by atoms with Gasteiger partial charge in [0.15, 0.2) is 6.04 Å². The second-order valence-corrected chi connectivity index (χ2v) is 6.27. The van der Waals surface area contributed by atoms with E-state index in [1.54, 1.807) is 24.3 Å². The largest absolute Gasteiger partial charge is 0.467 e. The predicted molar refractivity (Wildman–Crippen MR) is 107 cm³/mol. The first-order valence-electron chi connectivity index (χ1n) is 8.93. The second-order valence-electron chi connectivity index (χ2n) is 6.27. The van der Waals surface area contributed by atoms with Gasteiger partial charge in [0.1, 0.15) is 5.56 Å². The van der Waals surface area contributed by atoms with E-state index in [0.29, 0.717) is 22.4 Å². The number of hydrogen-bond donors (Lipinski definition) is 0. The highest BCUT2D eigenvalue weighted by Crippen LogP contribution is 2.32. The van der Waals surface area contributed by atoms with Crippen LogP contribution in [0.2, 0.25) is 0 Å². The summed E-state index contributed by atoms with van der Waals surface area (Å²) in [5.74, 6) is -1.46. The van der Waals surface area contributed by atoms with Crippen LogP contribution >= 0.6 is 0 Å². The lowest BCUT2D eigenvalue weighted by Gasteiger charge is -2.18. The van der Waals surface area contributed by atoms with E-state index in [0.717, 1.165) is 4.68 Å². The van der Waals surface area contributed by atoms with Crippen molar-refractivity contribution in [3.8, 4) is 22.4 Å². The lowest BCUT2D eigenvalue weighted by molar-refractivity contribution is -0.144. The number of benzene rings is 2. The van der Waals surface area contributed by atoms with Crippen molar-refractivity contribution in [3.63, 3.8) is 0 Å². The van der Waals surface area contributed by atoms with Gasteiger partial charge in [-0.15, -0.1) is 0 Å². The number of carbonyl (C=O) groups excluding carboxylic acids is 2. The molecular weight excluding hydrogens is 372 g/mol. The Bertz CT molecular complexity index is 1090. The summed E-state index contributed by atoms with van der Waals surface area (Å²) in [6.07, 6.45) is 0. The molecule has 1 atom stereocenters. The Morgan fingerprint density at radius 2 is 1.45 bits per heavy atom. The van der Waals surface area contributed by atoms with E-state index in [4.69, 9.17) is 9.47 Å². The zero-order valence-electron chi connectivity index (χ0n) is 16.3. The van der Waals surface area contributed by atoms with Crippen molar-refractivity contribution < 1.29 is 19.1 Å². The molecule has 29 heavy (non-hydrogen) atoms. The Hall–Kier alpha value is -3.74. The number of rotatable bonds is 5. The molecule has 0 aliphatic rings. The summed E-state index contributed by atoms with van der Waals surface area (Å²) < 4.78 is 10.6. The SMILES string of the molecule is COC(=O)c1c(-c2ccccc2)c(-c2ccccc2)nn(C(C)C(=O)OC)c1=O. The molecular formula is C22H20N2O5. The maximum Gasteiger partial charge on any atom is 0.344 e. The fourth-order valence-corrected chi connectivity index (χ4v) is 3.05. The summed E-state index contributed by atoms with van der Waals surface area (Å²) >= 11 is 0. The van der Waals surface area contributed by atoms with Gasteiger partial charge in [-0.05, 0) is 12.5 Å². The summed E-state index contributed by atoms with van der Waals surface area (Å²) in [7, 11) is 2.43. The van der Waals surface area contributed by atoms with Crippen molar-refractivity contribution >= 4 is 11.9 Å².